The average Bonchev–Trinajstić information content (AvgIpc) is 3.25. The van der Waals surface area contributed by atoms with Gasteiger partial charge < -0.3 is 13.9 Å². The van der Waals surface area contributed by atoms with Gasteiger partial charge in [-0.05, 0) is 25.7 Å². The predicted octanol–water partition coefficient (Wildman–Crippen LogP) is 3.63. The number of aromatic nitrogens is 2. The molecule has 1 saturated heterocycles. The first kappa shape index (κ1) is 15.8. The Balaban J connectivity index is 1.88. The molecule has 2 aromatic heterocycles. The van der Waals surface area contributed by atoms with Gasteiger partial charge >= 0.3 is 0 Å². The number of nitrogens with zero attached hydrogens (tertiary/aromatic N) is 3. The van der Waals surface area contributed by atoms with Gasteiger partial charge in [-0.25, -0.2) is 0 Å². The summed E-state index contributed by atoms with van der Waals surface area (Å²) in [7, 11) is 0. The molecule has 6 nitrogen and oxygen atoms in total. The summed E-state index contributed by atoms with van der Waals surface area (Å²) < 4.78 is 10.7. The van der Waals surface area contributed by atoms with Gasteiger partial charge in [0.1, 0.15) is 5.76 Å². The number of rotatable bonds is 4. The lowest BCUT2D eigenvalue weighted by Gasteiger charge is -2.23. The van der Waals surface area contributed by atoms with Crippen molar-refractivity contribution >= 4 is 5.91 Å². The fraction of sp³-hybridized carbons (Fsp3) is 0.588. The molecule has 0 bridgehead atoms. The van der Waals surface area contributed by atoms with E-state index in [1.54, 1.807) is 6.07 Å². The maximum Gasteiger partial charge on any atom is 0.292 e. The molecule has 0 radical (unpaired) electrons. The molecule has 124 valence electrons. The van der Waals surface area contributed by atoms with Crippen molar-refractivity contribution < 1.29 is 13.8 Å². The van der Waals surface area contributed by atoms with E-state index in [-0.39, 0.29) is 17.9 Å². The van der Waals surface area contributed by atoms with Gasteiger partial charge in [0, 0.05) is 24.6 Å². The maximum absolute atomic E-state index is 12.8. The van der Waals surface area contributed by atoms with Crippen molar-refractivity contribution in [2.24, 2.45) is 0 Å². The van der Waals surface area contributed by atoms with E-state index in [1.165, 1.54) is 0 Å². The lowest BCUT2D eigenvalue weighted by atomic mass is 10.0. The quantitative estimate of drug-likeness (QED) is 0.861. The number of amides is 1. The number of aryl methyl sites for hydroxylation is 2. The lowest BCUT2D eigenvalue weighted by Crippen LogP contribution is -2.30. The molecule has 1 aliphatic heterocycles. The molecule has 0 aliphatic carbocycles. The second-order valence-electron chi connectivity index (χ2n) is 6.39. The zero-order valence-electron chi connectivity index (χ0n) is 14.1. The second kappa shape index (κ2) is 6.18. The van der Waals surface area contributed by atoms with Crippen molar-refractivity contribution in [3.63, 3.8) is 0 Å². The standard InChI is InChI=1S/C17H23N3O3/c1-5-14-16(11(4)18-22-14)13-7-6-8-20(13)17(21)15-9-12(10(2)3)19-23-15/h9-10,13H,5-8H2,1-4H3/t13-/m0/s1. The van der Waals surface area contributed by atoms with Crippen LogP contribution in [0.3, 0.4) is 0 Å². The zero-order valence-corrected chi connectivity index (χ0v) is 14.1. The van der Waals surface area contributed by atoms with Crippen LogP contribution >= 0.6 is 0 Å². The Bertz CT molecular complexity index is 702. The van der Waals surface area contributed by atoms with E-state index in [0.29, 0.717) is 5.76 Å². The molecule has 0 N–H and O–H groups in total. The molecular weight excluding hydrogens is 294 g/mol. The average molecular weight is 317 g/mol. The highest BCUT2D eigenvalue weighted by Gasteiger charge is 2.36. The summed E-state index contributed by atoms with van der Waals surface area (Å²) in [6.07, 6.45) is 2.66. The van der Waals surface area contributed by atoms with E-state index in [1.807, 2.05) is 32.6 Å². The topological polar surface area (TPSA) is 72.4 Å². The Labute approximate surface area is 135 Å². The summed E-state index contributed by atoms with van der Waals surface area (Å²) in [4.78, 5) is 14.7. The van der Waals surface area contributed by atoms with Crippen LogP contribution in [0.2, 0.25) is 0 Å². The molecule has 0 saturated carbocycles. The smallest absolute Gasteiger partial charge is 0.292 e. The fourth-order valence-corrected chi connectivity index (χ4v) is 3.22. The van der Waals surface area contributed by atoms with Crippen LogP contribution in [0.4, 0.5) is 0 Å². The van der Waals surface area contributed by atoms with Crippen LogP contribution in [0.25, 0.3) is 0 Å². The van der Waals surface area contributed by atoms with Crippen LogP contribution < -0.4 is 0 Å². The minimum Gasteiger partial charge on any atom is -0.361 e. The van der Waals surface area contributed by atoms with Gasteiger partial charge in [-0.15, -0.1) is 0 Å². The zero-order chi connectivity index (χ0) is 16.6. The van der Waals surface area contributed by atoms with E-state index in [9.17, 15) is 4.79 Å². The summed E-state index contributed by atoms with van der Waals surface area (Å²) in [5.41, 5.74) is 2.73. The number of carbonyl (C=O) groups excluding carboxylic acids is 1. The van der Waals surface area contributed by atoms with Gasteiger partial charge in [0.05, 0.1) is 17.4 Å². The van der Waals surface area contributed by atoms with Crippen LogP contribution in [0.1, 0.15) is 78.8 Å². The van der Waals surface area contributed by atoms with E-state index >= 15 is 0 Å². The number of likely N-dealkylation sites (tertiary alicyclic amines) is 1. The summed E-state index contributed by atoms with van der Waals surface area (Å²) >= 11 is 0. The Kier molecular flexibility index (Phi) is 4.24. The van der Waals surface area contributed by atoms with Crippen molar-refractivity contribution in [3.05, 3.63) is 34.5 Å². The Morgan fingerprint density at radius 3 is 2.83 bits per heavy atom. The van der Waals surface area contributed by atoms with Gasteiger partial charge in [-0.2, -0.15) is 0 Å². The van der Waals surface area contributed by atoms with Crippen LogP contribution in [-0.2, 0) is 6.42 Å². The molecule has 1 aliphatic rings. The highest BCUT2D eigenvalue weighted by molar-refractivity contribution is 5.92. The molecule has 3 rings (SSSR count). The van der Waals surface area contributed by atoms with E-state index in [0.717, 1.165) is 48.5 Å². The molecule has 6 heteroatoms. The monoisotopic (exact) mass is 317 g/mol. The third-order valence-electron chi connectivity index (χ3n) is 4.48. The van der Waals surface area contributed by atoms with Crippen molar-refractivity contribution in [2.45, 2.75) is 58.9 Å². The number of hydrogen-bond acceptors (Lipinski definition) is 5. The number of hydrogen-bond donors (Lipinski definition) is 0. The van der Waals surface area contributed by atoms with Crippen LogP contribution in [-0.4, -0.2) is 27.7 Å². The van der Waals surface area contributed by atoms with Gasteiger partial charge in [0.2, 0.25) is 5.76 Å². The highest BCUT2D eigenvalue weighted by Crippen LogP contribution is 2.37. The molecule has 0 unspecified atom stereocenters. The maximum atomic E-state index is 12.8. The van der Waals surface area contributed by atoms with Crippen molar-refractivity contribution in [1.82, 2.24) is 15.2 Å². The molecule has 2 aromatic rings. The normalized spacial score (nSPS) is 18.1. The van der Waals surface area contributed by atoms with Crippen LogP contribution in [0.15, 0.2) is 15.1 Å². The first-order valence-corrected chi connectivity index (χ1v) is 8.25. The SMILES string of the molecule is CCc1onc(C)c1[C@@H]1CCCN1C(=O)c1cc(C(C)C)no1. The summed E-state index contributed by atoms with van der Waals surface area (Å²) in [6.45, 7) is 8.74. The van der Waals surface area contributed by atoms with Gasteiger partial charge in [0.25, 0.3) is 5.91 Å². The first-order valence-electron chi connectivity index (χ1n) is 8.25. The van der Waals surface area contributed by atoms with E-state index in [2.05, 4.69) is 10.3 Å². The Morgan fingerprint density at radius 2 is 2.17 bits per heavy atom. The molecule has 0 aromatic carbocycles. The van der Waals surface area contributed by atoms with Crippen molar-refractivity contribution in [1.29, 1.82) is 0 Å². The van der Waals surface area contributed by atoms with Gasteiger partial charge in [-0.3, -0.25) is 4.79 Å². The van der Waals surface area contributed by atoms with Crippen molar-refractivity contribution in [2.75, 3.05) is 6.54 Å². The summed E-state index contributed by atoms with van der Waals surface area (Å²) in [6, 6.07) is 1.76. The Morgan fingerprint density at radius 1 is 1.39 bits per heavy atom. The van der Waals surface area contributed by atoms with Crippen LogP contribution in [0.5, 0.6) is 0 Å². The first-order chi connectivity index (χ1) is 11.0. The molecular formula is C17H23N3O3. The second-order valence-corrected chi connectivity index (χ2v) is 6.39. The minimum atomic E-state index is -0.102. The summed E-state index contributed by atoms with van der Waals surface area (Å²) in [5.74, 6) is 1.32. The molecule has 1 atom stereocenters. The largest absolute Gasteiger partial charge is 0.361 e. The van der Waals surface area contributed by atoms with Crippen LogP contribution in [0, 0.1) is 6.92 Å². The van der Waals surface area contributed by atoms with E-state index in [4.69, 9.17) is 9.05 Å². The molecule has 1 amide bonds. The Hall–Kier alpha value is -2.11. The molecule has 0 spiro atoms. The third kappa shape index (κ3) is 2.78. The molecule has 23 heavy (non-hydrogen) atoms. The third-order valence-corrected chi connectivity index (χ3v) is 4.48. The molecule has 1 fully saturated rings. The molecule has 3 heterocycles. The lowest BCUT2D eigenvalue weighted by molar-refractivity contribution is 0.0692. The highest BCUT2D eigenvalue weighted by atomic mass is 16.5. The summed E-state index contributed by atoms with van der Waals surface area (Å²) in [5, 5.41) is 8.07. The van der Waals surface area contributed by atoms with Gasteiger partial charge in [-0.1, -0.05) is 31.1 Å². The van der Waals surface area contributed by atoms with Crippen molar-refractivity contribution in [3.8, 4) is 0 Å². The van der Waals surface area contributed by atoms with Gasteiger partial charge in [0.15, 0.2) is 0 Å². The fourth-order valence-electron chi connectivity index (χ4n) is 3.22. The van der Waals surface area contributed by atoms with E-state index < -0.39 is 0 Å². The number of carbonyl (C=O) groups is 1. The minimum absolute atomic E-state index is 0.0105. The predicted molar refractivity (Wildman–Crippen MR) is 84.2 cm³/mol.